The Kier molecular flexibility index (Phi) is 5.44. The largest absolute Gasteiger partial charge is 0.342 e. The highest BCUT2D eigenvalue weighted by Crippen LogP contribution is 2.28. The number of hydrogen-bond acceptors (Lipinski definition) is 5. The monoisotopic (exact) mass is 382 g/mol. The second-order valence-corrected chi connectivity index (χ2v) is 8.37. The Labute approximate surface area is 166 Å². The van der Waals surface area contributed by atoms with Crippen LogP contribution in [0.25, 0.3) is 0 Å². The molecular formula is C21H30N6O. The number of amides is 1. The molecule has 1 amide bonds. The number of nitrogens with zero attached hydrogens (tertiary/aromatic N) is 6. The molecule has 1 atom stereocenters. The van der Waals surface area contributed by atoms with E-state index in [0.29, 0.717) is 12.5 Å². The topological polar surface area (TPSA) is 67.2 Å². The number of likely N-dealkylation sites (N-methyl/N-ethyl adjacent to an activating group) is 1. The summed E-state index contributed by atoms with van der Waals surface area (Å²) in [5, 5.41) is 4.40. The van der Waals surface area contributed by atoms with Gasteiger partial charge in [0.2, 0.25) is 5.91 Å². The number of likely N-dealkylation sites (tertiary alicyclic amines) is 1. The normalized spacial score (nSPS) is 19.5. The first kappa shape index (κ1) is 19.1. The van der Waals surface area contributed by atoms with Gasteiger partial charge in [0.25, 0.3) is 0 Å². The van der Waals surface area contributed by atoms with Crippen molar-refractivity contribution in [2.75, 3.05) is 26.7 Å². The van der Waals surface area contributed by atoms with E-state index >= 15 is 0 Å². The zero-order chi connectivity index (χ0) is 19.7. The van der Waals surface area contributed by atoms with Crippen LogP contribution in [0.2, 0.25) is 0 Å². The van der Waals surface area contributed by atoms with Crippen molar-refractivity contribution in [2.45, 2.75) is 52.1 Å². The van der Waals surface area contributed by atoms with Crippen LogP contribution < -0.4 is 0 Å². The van der Waals surface area contributed by atoms with Gasteiger partial charge < -0.3 is 9.80 Å². The van der Waals surface area contributed by atoms with Crippen molar-refractivity contribution < 1.29 is 4.79 Å². The number of piperidine rings is 1. The van der Waals surface area contributed by atoms with Crippen LogP contribution in [0, 0.1) is 12.8 Å². The number of carbonyl (C=O) groups is 1. The lowest BCUT2D eigenvalue weighted by Crippen LogP contribution is -2.42. The van der Waals surface area contributed by atoms with Crippen LogP contribution in [0.1, 0.15) is 48.5 Å². The average Bonchev–Trinajstić information content (AvgIpc) is 3.11. The van der Waals surface area contributed by atoms with Gasteiger partial charge in [0.05, 0.1) is 18.2 Å². The number of rotatable bonds is 4. The minimum Gasteiger partial charge on any atom is -0.342 e. The first-order valence-electron chi connectivity index (χ1n) is 10.3. The summed E-state index contributed by atoms with van der Waals surface area (Å²) in [7, 11) is 2.14. The minimum atomic E-state index is -0.0622. The maximum absolute atomic E-state index is 12.8. The summed E-state index contributed by atoms with van der Waals surface area (Å²) in [5.41, 5.74) is 3.45. The lowest BCUT2D eigenvalue weighted by Gasteiger charge is -2.33. The molecule has 1 saturated heterocycles. The van der Waals surface area contributed by atoms with Crippen molar-refractivity contribution in [3.8, 4) is 0 Å². The molecule has 4 rings (SSSR count). The number of aromatic nitrogens is 4. The summed E-state index contributed by atoms with van der Waals surface area (Å²) >= 11 is 0. The SMILES string of the molecule is Cc1ccn(CC(C)C(=O)N2CCC(c3ncc4c(n3)CCN(C)C4)CC2)n1. The molecule has 1 unspecified atom stereocenters. The zero-order valence-corrected chi connectivity index (χ0v) is 17.1. The Morgan fingerprint density at radius 3 is 2.79 bits per heavy atom. The molecule has 7 heteroatoms. The van der Waals surface area contributed by atoms with Crippen molar-refractivity contribution in [3.63, 3.8) is 0 Å². The summed E-state index contributed by atoms with van der Waals surface area (Å²) < 4.78 is 1.86. The van der Waals surface area contributed by atoms with Gasteiger partial charge >= 0.3 is 0 Å². The van der Waals surface area contributed by atoms with Gasteiger partial charge in [0.15, 0.2) is 0 Å². The maximum Gasteiger partial charge on any atom is 0.227 e. The number of aryl methyl sites for hydroxylation is 1. The van der Waals surface area contributed by atoms with Crippen LogP contribution in [0.3, 0.4) is 0 Å². The van der Waals surface area contributed by atoms with E-state index < -0.39 is 0 Å². The fraction of sp³-hybridized carbons (Fsp3) is 0.619. The molecule has 1 fully saturated rings. The molecule has 7 nitrogen and oxygen atoms in total. The number of hydrogen-bond donors (Lipinski definition) is 0. The highest BCUT2D eigenvalue weighted by Gasteiger charge is 2.29. The van der Waals surface area contributed by atoms with E-state index in [1.807, 2.05) is 41.9 Å². The fourth-order valence-corrected chi connectivity index (χ4v) is 4.26. The van der Waals surface area contributed by atoms with Crippen molar-refractivity contribution in [3.05, 3.63) is 41.2 Å². The predicted molar refractivity (Wildman–Crippen MR) is 107 cm³/mol. The van der Waals surface area contributed by atoms with Gasteiger partial charge in [-0.2, -0.15) is 5.10 Å². The summed E-state index contributed by atoms with van der Waals surface area (Å²) in [5.74, 6) is 1.49. The summed E-state index contributed by atoms with van der Waals surface area (Å²) in [6.45, 7) is 8.17. The molecule has 0 N–H and O–H groups in total. The van der Waals surface area contributed by atoms with Crippen LogP contribution in [0.5, 0.6) is 0 Å². The van der Waals surface area contributed by atoms with Crippen molar-refractivity contribution in [1.29, 1.82) is 0 Å². The van der Waals surface area contributed by atoms with Gasteiger partial charge in [-0.3, -0.25) is 9.48 Å². The third kappa shape index (κ3) is 4.09. The van der Waals surface area contributed by atoms with E-state index in [-0.39, 0.29) is 11.8 Å². The molecule has 0 radical (unpaired) electrons. The Bertz CT molecular complexity index is 839. The molecule has 2 aromatic rings. The van der Waals surface area contributed by atoms with Crippen LogP contribution in [0.4, 0.5) is 0 Å². The third-order valence-corrected chi connectivity index (χ3v) is 5.97. The molecular weight excluding hydrogens is 352 g/mol. The number of carbonyl (C=O) groups excluding carboxylic acids is 1. The molecule has 2 aliphatic rings. The van der Waals surface area contributed by atoms with Gasteiger partial charge in [-0.25, -0.2) is 9.97 Å². The second kappa shape index (κ2) is 7.99. The van der Waals surface area contributed by atoms with E-state index in [2.05, 4.69) is 22.0 Å². The number of fused-ring (bicyclic) bond motifs is 1. The van der Waals surface area contributed by atoms with Crippen molar-refractivity contribution in [1.82, 2.24) is 29.5 Å². The third-order valence-electron chi connectivity index (χ3n) is 5.97. The van der Waals surface area contributed by atoms with Gasteiger partial charge in [-0.05, 0) is 32.9 Å². The Morgan fingerprint density at radius 1 is 1.29 bits per heavy atom. The van der Waals surface area contributed by atoms with E-state index in [4.69, 9.17) is 4.98 Å². The average molecular weight is 383 g/mol. The Morgan fingerprint density at radius 2 is 2.07 bits per heavy atom. The molecule has 28 heavy (non-hydrogen) atoms. The van der Waals surface area contributed by atoms with Crippen LogP contribution in [-0.4, -0.2) is 62.1 Å². The molecule has 0 aromatic carbocycles. The maximum atomic E-state index is 12.8. The lowest BCUT2D eigenvalue weighted by molar-refractivity contribution is -0.136. The quantitative estimate of drug-likeness (QED) is 0.809. The summed E-state index contributed by atoms with van der Waals surface area (Å²) in [6.07, 6.45) is 6.84. The van der Waals surface area contributed by atoms with Gasteiger partial charge in [0.1, 0.15) is 5.82 Å². The first-order valence-corrected chi connectivity index (χ1v) is 10.3. The Hall–Kier alpha value is -2.28. The highest BCUT2D eigenvalue weighted by atomic mass is 16.2. The Balaban J connectivity index is 1.33. The summed E-state index contributed by atoms with van der Waals surface area (Å²) in [4.78, 5) is 26.7. The summed E-state index contributed by atoms with van der Waals surface area (Å²) in [6, 6.07) is 1.97. The van der Waals surface area contributed by atoms with E-state index in [1.54, 1.807) is 0 Å². The first-order chi connectivity index (χ1) is 13.5. The van der Waals surface area contributed by atoms with Gasteiger partial charge in [0, 0.05) is 62.2 Å². The molecule has 150 valence electrons. The fourth-order valence-electron chi connectivity index (χ4n) is 4.26. The van der Waals surface area contributed by atoms with Crippen LogP contribution in [-0.2, 0) is 24.3 Å². The van der Waals surface area contributed by atoms with Gasteiger partial charge in [-0.1, -0.05) is 6.92 Å². The predicted octanol–water partition coefficient (Wildman–Crippen LogP) is 2.01. The molecule has 2 aromatic heterocycles. The molecule has 0 saturated carbocycles. The molecule has 0 spiro atoms. The molecule has 0 aliphatic carbocycles. The highest BCUT2D eigenvalue weighted by molar-refractivity contribution is 5.78. The van der Waals surface area contributed by atoms with E-state index in [9.17, 15) is 4.79 Å². The lowest BCUT2D eigenvalue weighted by atomic mass is 9.94. The smallest absolute Gasteiger partial charge is 0.227 e. The van der Waals surface area contributed by atoms with Crippen LogP contribution in [0.15, 0.2) is 18.5 Å². The standard InChI is InChI=1S/C21H30N6O/c1-15(13-27-11-4-16(2)24-27)21(28)26-9-5-17(6-10-26)20-22-12-18-14-25(3)8-7-19(18)23-20/h4,11-12,15,17H,5-10,13-14H2,1-3H3. The minimum absolute atomic E-state index is 0.0622. The van der Waals surface area contributed by atoms with E-state index in [1.165, 1.54) is 11.3 Å². The molecule has 2 aliphatic heterocycles. The molecule has 4 heterocycles. The van der Waals surface area contributed by atoms with Crippen molar-refractivity contribution in [2.24, 2.45) is 5.92 Å². The van der Waals surface area contributed by atoms with E-state index in [0.717, 1.165) is 57.0 Å². The van der Waals surface area contributed by atoms with Gasteiger partial charge in [-0.15, -0.1) is 0 Å². The zero-order valence-electron chi connectivity index (χ0n) is 17.1. The second-order valence-electron chi connectivity index (χ2n) is 8.37. The van der Waals surface area contributed by atoms with Crippen LogP contribution >= 0.6 is 0 Å². The van der Waals surface area contributed by atoms with Crippen molar-refractivity contribution >= 4 is 5.91 Å². The molecule has 0 bridgehead atoms.